The Kier molecular flexibility index (Phi) is 8.34. The van der Waals surface area contributed by atoms with Crippen molar-refractivity contribution in [3.63, 3.8) is 0 Å². The summed E-state index contributed by atoms with van der Waals surface area (Å²) < 4.78 is 1.82. The van der Waals surface area contributed by atoms with E-state index in [1.54, 1.807) is 0 Å². The van der Waals surface area contributed by atoms with Crippen molar-refractivity contribution in [1.29, 1.82) is 0 Å². The Balaban J connectivity index is 0.00000152. The van der Waals surface area contributed by atoms with Gasteiger partial charge in [0.25, 0.3) is 0 Å². The maximum atomic E-state index is 13.1. The molecule has 196 valence electrons. The number of aromatic nitrogens is 3. The minimum absolute atomic E-state index is 0. The molecule has 2 radical (unpaired) electrons. The minimum atomic E-state index is 0. The molecule has 2 heterocycles. The zero-order valence-corrected chi connectivity index (χ0v) is 23.2. The van der Waals surface area contributed by atoms with Crippen LogP contribution in [0.4, 0.5) is 0 Å². The fourth-order valence-electron chi connectivity index (χ4n) is 6.89. The second-order valence-electron chi connectivity index (χ2n) is 10.9. The molecule has 2 aliphatic carbocycles. The summed E-state index contributed by atoms with van der Waals surface area (Å²) in [5, 5.41) is 8.58. The molecule has 3 aromatic rings. The third-order valence-corrected chi connectivity index (χ3v) is 8.85. The van der Waals surface area contributed by atoms with Gasteiger partial charge in [0.2, 0.25) is 5.91 Å². The second kappa shape index (κ2) is 11.0. The summed E-state index contributed by atoms with van der Waals surface area (Å²) in [4.78, 5) is 15.4. The van der Waals surface area contributed by atoms with Crippen LogP contribution in [0.15, 0.2) is 30.3 Å². The molecular formula is C29H35Co2N4O-. The quantitative estimate of drug-likeness (QED) is 0.379. The van der Waals surface area contributed by atoms with Gasteiger partial charge in [-0.1, -0.05) is 59.9 Å². The Bertz CT molecular complexity index is 1250. The van der Waals surface area contributed by atoms with Crippen molar-refractivity contribution in [3.8, 4) is 0 Å². The van der Waals surface area contributed by atoms with Crippen molar-refractivity contribution < 1.29 is 38.4 Å². The predicted octanol–water partition coefficient (Wildman–Crippen LogP) is 5.65. The van der Waals surface area contributed by atoms with Crippen molar-refractivity contribution in [2.75, 3.05) is 6.54 Å². The molecule has 2 aromatic carbocycles. The summed E-state index contributed by atoms with van der Waals surface area (Å²) in [5.41, 5.74) is 8.36. The van der Waals surface area contributed by atoms with Crippen LogP contribution >= 0.6 is 0 Å². The first-order valence-corrected chi connectivity index (χ1v) is 13.1. The van der Waals surface area contributed by atoms with Crippen LogP contribution < -0.4 is 0 Å². The Morgan fingerprint density at radius 1 is 1.08 bits per heavy atom. The van der Waals surface area contributed by atoms with E-state index in [1.807, 2.05) is 11.7 Å². The van der Waals surface area contributed by atoms with Gasteiger partial charge in [-0.3, -0.25) is 4.79 Å². The van der Waals surface area contributed by atoms with Gasteiger partial charge in [0.15, 0.2) is 0 Å². The number of rotatable bonds is 4. The smallest absolute Gasteiger partial charge is 0.223 e. The van der Waals surface area contributed by atoms with E-state index in [1.165, 1.54) is 54.4 Å². The molecule has 1 amide bonds. The van der Waals surface area contributed by atoms with Crippen LogP contribution in [0.2, 0.25) is 0 Å². The van der Waals surface area contributed by atoms with Gasteiger partial charge >= 0.3 is 0 Å². The second-order valence-corrected chi connectivity index (χ2v) is 10.9. The number of likely N-dealkylation sites (tertiary alicyclic amines) is 1. The Labute approximate surface area is 235 Å². The van der Waals surface area contributed by atoms with Gasteiger partial charge in [-0.2, -0.15) is 0 Å². The summed E-state index contributed by atoms with van der Waals surface area (Å²) in [5.74, 6) is 1.52. The minimum Gasteiger partial charge on any atom is -0.335 e. The van der Waals surface area contributed by atoms with Crippen LogP contribution in [-0.2, 0) is 51.8 Å². The van der Waals surface area contributed by atoms with Gasteiger partial charge in [-0.05, 0) is 67.2 Å². The number of fused-ring (bicyclic) bond motifs is 4. The van der Waals surface area contributed by atoms with Gasteiger partial charge in [0, 0.05) is 53.6 Å². The Morgan fingerprint density at radius 3 is 2.64 bits per heavy atom. The molecule has 3 unspecified atom stereocenters. The Morgan fingerprint density at radius 2 is 1.86 bits per heavy atom. The fourth-order valence-corrected chi connectivity index (χ4v) is 6.89. The van der Waals surface area contributed by atoms with Crippen molar-refractivity contribution in [2.24, 2.45) is 18.9 Å². The third kappa shape index (κ3) is 4.68. The number of aryl methyl sites for hydroxylation is 3. The molecule has 1 aliphatic heterocycles. The number of nitrogens with zero attached hydrogens (tertiary/aromatic N) is 4. The van der Waals surface area contributed by atoms with Gasteiger partial charge in [-0.25, -0.2) is 4.68 Å². The number of amides is 1. The summed E-state index contributed by atoms with van der Waals surface area (Å²) in [6.07, 6.45) is 9.47. The molecule has 1 saturated carbocycles. The van der Waals surface area contributed by atoms with E-state index in [2.05, 4.69) is 59.4 Å². The van der Waals surface area contributed by atoms with Gasteiger partial charge in [0.05, 0.1) is 11.6 Å². The van der Waals surface area contributed by atoms with E-state index in [4.69, 9.17) is 0 Å². The molecule has 7 heteroatoms. The largest absolute Gasteiger partial charge is 0.335 e. The van der Waals surface area contributed by atoms with Crippen LogP contribution in [0.3, 0.4) is 0 Å². The maximum Gasteiger partial charge on any atom is 0.223 e. The fraction of sp³-hybridized carbons (Fsp3) is 0.517. The number of benzene rings is 2. The monoisotopic (exact) mass is 573 g/mol. The van der Waals surface area contributed by atoms with Crippen LogP contribution in [-0.4, -0.2) is 32.3 Å². The van der Waals surface area contributed by atoms with Crippen molar-refractivity contribution in [3.05, 3.63) is 65.1 Å². The molecule has 2 fully saturated rings. The molecule has 5 nitrogen and oxygen atoms in total. The molecule has 36 heavy (non-hydrogen) atoms. The van der Waals surface area contributed by atoms with Crippen LogP contribution in [0.1, 0.15) is 84.7 Å². The third-order valence-electron chi connectivity index (χ3n) is 8.85. The summed E-state index contributed by atoms with van der Waals surface area (Å²) in [6, 6.07) is 11.4. The normalized spacial score (nSPS) is 22.5. The van der Waals surface area contributed by atoms with Crippen LogP contribution in [0.5, 0.6) is 0 Å². The molecule has 0 N–H and O–H groups in total. The van der Waals surface area contributed by atoms with Gasteiger partial charge in [-0.15, -0.1) is 11.0 Å². The molecule has 3 atom stereocenters. The van der Waals surface area contributed by atoms with E-state index in [0.717, 1.165) is 42.4 Å². The molecule has 1 saturated heterocycles. The summed E-state index contributed by atoms with van der Waals surface area (Å²) in [7, 11) is 1.93. The SMILES string of the molecule is [CH2-]C(c1ccc2c(c1)C1C(CC2)CC(=O)N1CC1CCCCC1)c1ccc2c(nnn2C)c1C.[Co].[Co]. The van der Waals surface area contributed by atoms with Crippen molar-refractivity contribution in [1.82, 2.24) is 19.9 Å². The first-order chi connectivity index (χ1) is 16.5. The standard InChI is InChI=1S/C29H35N4O.2Co/c1-18(24-13-14-26-28(19(24)2)30-31-32(26)3)22-11-9-21-10-12-23-16-27(34)33(29(23)25(21)15-22)17-20-7-5-4-6-8-20;;/h9,11,13-15,18,20,23,29H,1,4-8,10,12,16-17H2,2-3H3;;/q-1;;. The van der Waals surface area contributed by atoms with Gasteiger partial charge in [0.1, 0.15) is 5.52 Å². The van der Waals surface area contributed by atoms with E-state index in [9.17, 15) is 4.79 Å². The number of hydrogen-bond acceptors (Lipinski definition) is 3. The van der Waals surface area contributed by atoms with Crippen LogP contribution in [0, 0.1) is 25.7 Å². The van der Waals surface area contributed by atoms with Crippen molar-refractivity contribution in [2.45, 2.75) is 70.3 Å². The number of carbonyl (C=O) groups excluding carboxylic acids is 1. The topological polar surface area (TPSA) is 51.0 Å². The predicted molar refractivity (Wildman–Crippen MR) is 134 cm³/mol. The average Bonchev–Trinajstić information content (AvgIpc) is 3.39. The number of hydrogen-bond donors (Lipinski definition) is 0. The zero-order valence-electron chi connectivity index (χ0n) is 21.1. The molecule has 1 aromatic heterocycles. The van der Waals surface area contributed by atoms with Gasteiger partial charge < -0.3 is 11.8 Å². The average molecular weight is 573 g/mol. The van der Waals surface area contributed by atoms with Crippen LogP contribution in [0.25, 0.3) is 11.0 Å². The van der Waals surface area contributed by atoms with Crippen molar-refractivity contribution >= 4 is 16.9 Å². The Hall–Kier alpha value is -1.68. The van der Waals surface area contributed by atoms with E-state index in [-0.39, 0.29) is 45.5 Å². The summed E-state index contributed by atoms with van der Waals surface area (Å²) in [6.45, 7) is 7.65. The first kappa shape index (κ1) is 27.4. The maximum absolute atomic E-state index is 13.1. The first-order valence-electron chi connectivity index (χ1n) is 13.1. The zero-order chi connectivity index (χ0) is 23.4. The molecule has 3 aliphatic rings. The molecular weight excluding hydrogens is 538 g/mol. The molecule has 0 spiro atoms. The summed E-state index contributed by atoms with van der Waals surface area (Å²) >= 11 is 0. The molecule has 6 rings (SSSR count). The van der Waals surface area contributed by atoms with E-state index < -0.39 is 0 Å². The van der Waals surface area contributed by atoms with E-state index in [0.29, 0.717) is 17.7 Å². The van der Waals surface area contributed by atoms with E-state index >= 15 is 0 Å². The number of carbonyl (C=O) groups is 1. The molecule has 0 bridgehead atoms.